The number of carbonyl (C=O) groups excluding carboxylic acids is 1. The van der Waals surface area contributed by atoms with E-state index in [0.717, 1.165) is 0 Å². The first kappa shape index (κ1) is 16.0. The minimum Gasteiger partial charge on any atom is -0.480 e. The largest absolute Gasteiger partial charge is 0.480 e. The van der Waals surface area contributed by atoms with Crippen LogP contribution in [-0.4, -0.2) is 40.5 Å². The molecule has 1 rings (SSSR count). The molecule has 1 amide bonds. The Hall–Kier alpha value is -2.04. The van der Waals surface area contributed by atoms with E-state index in [0.29, 0.717) is 10.5 Å². The van der Waals surface area contributed by atoms with E-state index in [2.05, 4.69) is 5.32 Å². The van der Waals surface area contributed by atoms with Gasteiger partial charge in [-0.15, -0.1) is 11.8 Å². The number of hydrogen-bond donors (Lipinski definition) is 3. The van der Waals surface area contributed by atoms with Crippen LogP contribution in [0.15, 0.2) is 29.2 Å². The first-order valence-corrected chi connectivity index (χ1v) is 6.82. The molecular weight excluding hydrogens is 280 g/mol. The molecule has 106 valence electrons. The van der Waals surface area contributed by atoms with Gasteiger partial charge in [0.15, 0.2) is 0 Å². The molecular formula is C13H14N2O4S. The number of aliphatic hydroxyl groups is 1. The summed E-state index contributed by atoms with van der Waals surface area (Å²) in [7, 11) is 0. The fraction of sp³-hybridized carbons (Fsp3) is 0.308. The van der Waals surface area contributed by atoms with Crippen LogP contribution in [0.3, 0.4) is 0 Å². The molecule has 0 aliphatic rings. The average Bonchev–Trinajstić information content (AvgIpc) is 2.44. The molecule has 1 aromatic rings. The summed E-state index contributed by atoms with van der Waals surface area (Å²) in [6, 6.07) is 7.48. The van der Waals surface area contributed by atoms with Gasteiger partial charge in [0.2, 0.25) is 0 Å². The van der Waals surface area contributed by atoms with Crippen molar-refractivity contribution in [2.75, 3.05) is 12.4 Å². The molecule has 1 aromatic carbocycles. The molecule has 1 unspecified atom stereocenters. The van der Waals surface area contributed by atoms with Crippen molar-refractivity contribution in [2.45, 2.75) is 17.4 Å². The first-order valence-electron chi connectivity index (χ1n) is 5.83. The summed E-state index contributed by atoms with van der Waals surface area (Å²) in [5.74, 6) is -1.54. The normalized spacial score (nSPS) is 11.4. The van der Waals surface area contributed by atoms with Crippen LogP contribution in [0.25, 0.3) is 0 Å². The Kier molecular flexibility index (Phi) is 6.56. The number of aliphatic carboxylic acids is 1. The quantitative estimate of drug-likeness (QED) is 0.643. The second-order valence-electron chi connectivity index (χ2n) is 3.82. The molecule has 20 heavy (non-hydrogen) atoms. The summed E-state index contributed by atoms with van der Waals surface area (Å²) in [5, 5.41) is 28.6. The van der Waals surface area contributed by atoms with Crippen LogP contribution >= 0.6 is 11.8 Å². The number of aliphatic hydroxyl groups excluding tert-OH is 1. The molecule has 0 saturated carbocycles. The third-order valence-corrected chi connectivity index (χ3v) is 3.39. The number of carbonyl (C=O) groups is 2. The van der Waals surface area contributed by atoms with Gasteiger partial charge in [-0.1, -0.05) is 12.1 Å². The zero-order valence-electron chi connectivity index (χ0n) is 10.6. The van der Waals surface area contributed by atoms with E-state index in [1.165, 1.54) is 11.8 Å². The van der Waals surface area contributed by atoms with E-state index in [1.807, 2.05) is 6.07 Å². The van der Waals surface area contributed by atoms with Gasteiger partial charge >= 0.3 is 5.97 Å². The van der Waals surface area contributed by atoms with Crippen molar-refractivity contribution in [3.63, 3.8) is 0 Å². The van der Waals surface area contributed by atoms with E-state index in [4.69, 9.17) is 15.5 Å². The lowest BCUT2D eigenvalue weighted by molar-refractivity contribution is -0.139. The molecule has 0 aromatic heterocycles. The van der Waals surface area contributed by atoms with Gasteiger partial charge in [0.05, 0.1) is 17.4 Å². The van der Waals surface area contributed by atoms with Crippen LogP contribution < -0.4 is 5.32 Å². The molecule has 0 heterocycles. The summed E-state index contributed by atoms with van der Waals surface area (Å²) in [5.41, 5.74) is 0.317. The van der Waals surface area contributed by atoms with Crippen molar-refractivity contribution in [3.05, 3.63) is 29.8 Å². The third kappa shape index (κ3) is 4.57. The Morgan fingerprint density at radius 2 is 2.10 bits per heavy atom. The Morgan fingerprint density at radius 3 is 2.70 bits per heavy atom. The smallest absolute Gasteiger partial charge is 0.326 e. The summed E-state index contributed by atoms with van der Waals surface area (Å²) in [6.45, 7) is -0.331. The van der Waals surface area contributed by atoms with Gasteiger partial charge in [0.25, 0.3) is 5.91 Å². The molecule has 7 heteroatoms. The minimum atomic E-state index is -1.20. The fourth-order valence-corrected chi connectivity index (χ4v) is 2.22. The molecule has 6 nitrogen and oxygen atoms in total. The summed E-state index contributed by atoms with van der Waals surface area (Å²) in [4.78, 5) is 23.6. The number of amides is 1. The summed E-state index contributed by atoms with van der Waals surface area (Å²) in [6.07, 6.45) is -0.0609. The number of rotatable bonds is 7. The van der Waals surface area contributed by atoms with Crippen molar-refractivity contribution in [1.82, 2.24) is 5.32 Å². The van der Waals surface area contributed by atoms with Crippen molar-refractivity contribution in [1.29, 1.82) is 5.26 Å². The Morgan fingerprint density at radius 1 is 1.40 bits per heavy atom. The summed E-state index contributed by atoms with van der Waals surface area (Å²) >= 11 is 1.21. The number of nitrogens with one attached hydrogen (secondary N) is 1. The van der Waals surface area contributed by atoms with Gasteiger partial charge in [-0.2, -0.15) is 5.26 Å². The highest BCUT2D eigenvalue weighted by molar-refractivity contribution is 7.99. The Balaban J connectivity index is 2.86. The lowest BCUT2D eigenvalue weighted by Crippen LogP contribution is -2.41. The molecule has 0 spiro atoms. The number of nitriles is 1. The van der Waals surface area contributed by atoms with Gasteiger partial charge in [0.1, 0.15) is 6.04 Å². The van der Waals surface area contributed by atoms with Crippen molar-refractivity contribution in [2.24, 2.45) is 0 Å². The van der Waals surface area contributed by atoms with Crippen LogP contribution in [0.2, 0.25) is 0 Å². The van der Waals surface area contributed by atoms with Crippen LogP contribution in [-0.2, 0) is 4.79 Å². The molecule has 3 N–H and O–H groups in total. The highest BCUT2D eigenvalue weighted by Gasteiger charge is 2.21. The summed E-state index contributed by atoms with van der Waals surface area (Å²) < 4.78 is 0. The molecule has 0 bridgehead atoms. The number of thioether (sulfide) groups is 1. The lowest BCUT2D eigenvalue weighted by Gasteiger charge is -2.14. The highest BCUT2D eigenvalue weighted by atomic mass is 32.2. The maximum Gasteiger partial charge on any atom is 0.326 e. The number of carboxylic acid groups (broad SMARTS) is 1. The maximum absolute atomic E-state index is 12.1. The van der Waals surface area contributed by atoms with Crippen molar-refractivity contribution >= 4 is 23.6 Å². The second kappa shape index (κ2) is 8.19. The van der Waals surface area contributed by atoms with E-state index < -0.39 is 17.9 Å². The van der Waals surface area contributed by atoms with E-state index >= 15 is 0 Å². The fourth-order valence-electron chi connectivity index (χ4n) is 1.51. The minimum absolute atomic E-state index is 0.0609. The molecule has 0 saturated heterocycles. The maximum atomic E-state index is 12.1. The molecule has 0 radical (unpaired) electrons. The SMILES string of the molecule is N#CCSc1ccccc1C(=O)NC(CCO)C(=O)O. The predicted octanol–water partition coefficient (Wildman–Crippen LogP) is 0.868. The highest BCUT2D eigenvalue weighted by Crippen LogP contribution is 2.22. The van der Waals surface area contributed by atoms with E-state index in [-0.39, 0.29) is 18.8 Å². The predicted molar refractivity (Wildman–Crippen MR) is 73.4 cm³/mol. The van der Waals surface area contributed by atoms with E-state index in [1.54, 1.807) is 24.3 Å². The van der Waals surface area contributed by atoms with Gasteiger partial charge in [-0.05, 0) is 12.1 Å². The average molecular weight is 294 g/mol. The molecule has 1 atom stereocenters. The van der Waals surface area contributed by atoms with Crippen LogP contribution in [0.5, 0.6) is 0 Å². The topological polar surface area (TPSA) is 110 Å². The van der Waals surface area contributed by atoms with Crippen LogP contribution in [0.4, 0.5) is 0 Å². The second-order valence-corrected chi connectivity index (χ2v) is 4.84. The van der Waals surface area contributed by atoms with Crippen LogP contribution in [0, 0.1) is 11.3 Å². The first-order chi connectivity index (χ1) is 9.60. The lowest BCUT2D eigenvalue weighted by atomic mass is 10.1. The van der Waals surface area contributed by atoms with Crippen molar-refractivity contribution < 1.29 is 19.8 Å². The monoisotopic (exact) mass is 294 g/mol. The number of benzene rings is 1. The zero-order chi connectivity index (χ0) is 15.0. The number of nitrogens with zero attached hydrogens (tertiary/aromatic N) is 1. The zero-order valence-corrected chi connectivity index (χ0v) is 11.4. The molecule has 0 aliphatic carbocycles. The van der Waals surface area contributed by atoms with Gasteiger partial charge in [0, 0.05) is 17.9 Å². The third-order valence-electron chi connectivity index (χ3n) is 2.45. The van der Waals surface area contributed by atoms with Gasteiger partial charge in [-0.25, -0.2) is 4.79 Å². The molecule has 0 fully saturated rings. The number of carboxylic acids is 1. The molecule has 0 aliphatic heterocycles. The Labute approximate surface area is 120 Å². The van der Waals surface area contributed by atoms with Crippen molar-refractivity contribution in [3.8, 4) is 6.07 Å². The number of hydrogen-bond acceptors (Lipinski definition) is 5. The van der Waals surface area contributed by atoms with E-state index in [9.17, 15) is 9.59 Å². The van der Waals surface area contributed by atoms with Gasteiger partial charge < -0.3 is 15.5 Å². The Bertz CT molecular complexity index is 527. The standard InChI is InChI=1S/C13H14N2O4S/c14-6-8-20-11-4-2-1-3-9(11)12(17)15-10(5-7-16)13(18)19/h1-4,10,16H,5,7-8H2,(H,15,17)(H,18,19). The van der Waals surface area contributed by atoms with Crippen LogP contribution in [0.1, 0.15) is 16.8 Å². The van der Waals surface area contributed by atoms with Gasteiger partial charge in [-0.3, -0.25) is 4.79 Å².